The van der Waals surface area contributed by atoms with E-state index in [-0.39, 0.29) is 102 Å². The van der Waals surface area contributed by atoms with E-state index in [4.69, 9.17) is 28.4 Å². The monoisotopic (exact) mass is 1000 g/mol. The van der Waals surface area contributed by atoms with Gasteiger partial charge in [-0.15, -0.1) is 0 Å². The number of carbonyl (C=O) groups excluding carboxylic acids is 6. The third-order valence-corrected chi connectivity index (χ3v) is 12.0. The number of hydrogen-bond acceptors (Lipinski definition) is 12. The van der Waals surface area contributed by atoms with Gasteiger partial charge in [-0.05, 0) is 84.3 Å². The van der Waals surface area contributed by atoms with Crippen LogP contribution in [-0.2, 0) is 43.5 Å². The van der Waals surface area contributed by atoms with Gasteiger partial charge in [0.25, 0.3) is 0 Å². The van der Waals surface area contributed by atoms with Gasteiger partial charge in [-0.3, -0.25) is 9.59 Å². The highest BCUT2D eigenvalue weighted by atomic mass is 16.6. The Morgan fingerprint density at radius 1 is 0.493 bits per heavy atom. The highest BCUT2D eigenvalue weighted by Crippen LogP contribution is 2.56. The maximum atomic E-state index is 12.8. The molecule has 1 aliphatic carbocycles. The van der Waals surface area contributed by atoms with Crippen molar-refractivity contribution in [1.29, 1.82) is 0 Å². The van der Waals surface area contributed by atoms with Crippen molar-refractivity contribution in [1.82, 2.24) is 20.4 Å². The molecule has 73 heavy (non-hydrogen) atoms. The molecule has 16 nitrogen and oxygen atoms in total. The fourth-order valence-corrected chi connectivity index (χ4v) is 8.25. The lowest BCUT2D eigenvalue weighted by atomic mass is 9.68. The Morgan fingerprint density at radius 2 is 0.877 bits per heavy atom. The second-order valence-electron chi connectivity index (χ2n) is 17.5. The van der Waals surface area contributed by atoms with E-state index < -0.39 is 29.3 Å². The number of fused-ring (bicyclic) bond motifs is 3. The molecule has 0 aromatic heterocycles. The molecule has 4 amide bonds. The summed E-state index contributed by atoms with van der Waals surface area (Å²) in [7, 11) is 0. The quantitative estimate of drug-likeness (QED) is 0.0193. The van der Waals surface area contributed by atoms with Gasteiger partial charge in [-0.1, -0.05) is 113 Å². The minimum Gasteiger partial charge on any atom is -0.490 e. The maximum absolute atomic E-state index is 12.8. The van der Waals surface area contributed by atoms with Crippen LogP contribution in [-0.4, -0.2) is 125 Å². The lowest BCUT2D eigenvalue weighted by molar-refractivity contribution is -0.145. The van der Waals surface area contributed by atoms with E-state index in [9.17, 15) is 28.8 Å². The van der Waals surface area contributed by atoms with E-state index in [1.165, 1.54) is 0 Å². The Bertz CT molecular complexity index is 2330. The van der Waals surface area contributed by atoms with Crippen molar-refractivity contribution in [2.24, 2.45) is 0 Å². The second kappa shape index (κ2) is 29.0. The minimum atomic E-state index is -0.686. The van der Waals surface area contributed by atoms with E-state index in [1.54, 1.807) is 23.6 Å². The molecule has 5 rings (SSSR count). The summed E-state index contributed by atoms with van der Waals surface area (Å²) < 4.78 is 33.1. The number of benzene rings is 4. The van der Waals surface area contributed by atoms with Crippen LogP contribution in [0.3, 0.4) is 0 Å². The number of esters is 4. The van der Waals surface area contributed by atoms with Crippen LogP contribution in [0.4, 0.5) is 9.59 Å². The summed E-state index contributed by atoms with van der Waals surface area (Å²) in [6.07, 6.45) is 3.28. The van der Waals surface area contributed by atoms with Crippen LogP contribution in [0.2, 0.25) is 0 Å². The van der Waals surface area contributed by atoms with Crippen LogP contribution in [0.15, 0.2) is 121 Å². The largest absolute Gasteiger partial charge is 0.490 e. The normalized spacial score (nSPS) is 11.7. The smallest absolute Gasteiger partial charge is 0.333 e. The number of nitrogens with one attached hydrogen (secondary N) is 2. The van der Waals surface area contributed by atoms with Crippen LogP contribution in [0.25, 0.3) is 11.1 Å². The minimum absolute atomic E-state index is 0.00833. The first-order valence-corrected chi connectivity index (χ1v) is 25.0. The van der Waals surface area contributed by atoms with E-state index in [0.29, 0.717) is 24.6 Å². The molecule has 1 aliphatic rings. The van der Waals surface area contributed by atoms with Crippen molar-refractivity contribution in [3.63, 3.8) is 0 Å². The highest BCUT2D eigenvalue weighted by molar-refractivity contribution is 5.88. The summed E-state index contributed by atoms with van der Waals surface area (Å²) in [5.74, 6) is -0.752. The molecule has 0 bridgehead atoms. The first-order chi connectivity index (χ1) is 35.3. The third-order valence-electron chi connectivity index (χ3n) is 12.0. The third kappa shape index (κ3) is 16.2. The molecule has 16 heteroatoms. The van der Waals surface area contributed by atoms with Crippen molar-refractivity contribution in [3.05, 3.63) is 144 Å². The molecular formula is C57H70N4O12. The van der Waals surface area contributed by atoms with Gasteiger partial charge in [0.05, 0.1) is 31.3 Å². The van der Waals surface area contributed by atoms with Gasteiger partial charge in [0.15, 0.2) is 0 Å². The van der Waals surface area contributed by atoms with Gasteiger partial charge in [-0.2, -0.15) is 0 Å². The van der Waals surface area contributed by atoms with Crippen molar-refractivity contribution >= 4 is 35.9 Å². The fourth-order valence-electron chi connectivity index (χ4n) is 8.25. The number of hydrogen-bond donors (Lipinski definition) is 2. The molecular weight excluding hydrogens is 933 g/mol. The molecule has 0 radical (unpaired) electrons. The number of unbranched alkanes of at least 4 members (excludes halogenated alkanes) is 2. The van der Waals surface area contributed by atoms with Crippen LogP contribution in [0.5, 0.6) is 11.5 Å². The van der Waals surface area contributed by atoms with Gasteiger partial charge < -0.3 is 48.9 Å². The standard InChI is InChI=1S/C57H70N4O12/c1-7-9-31-60(55(66)58-29-35-72-53(64)41(3)4)33-27-51(62)70-39-37-68-45-23-19-43(20-24-45)57(49-17-13-11-15-47(49)48-16-12-14-18-50(48)57)44-21-25-46(26-22-44)69-38-40-71-52(63)28-34-61(32-10-8-2)56(67)59-30-36-73-54(65)42(5)6/h11-26H,3,5,7-10,27-40H2,1-2,4,6H3,(H,58,66)(H,59,67). The average molecular weight is 1000 g/mol. The summed E-state index contributed by atoms with van der Waals surface area (Å²) in [5, 5.41) is 5.46. The molecule has 0 aliphatic heterocycles. The van der Waals surface area contributed by atoms with Gasteiger partial charge in [0.1, 0.15) is 51.1 Å². The molecule has 0 saturated heterocycles. The van der Waals surface area contributed by atoms with Crippen LogP contribution >= 0.6 is 0 Å². The molecule has 390 valence electrons. The molecule has 0 unspecified atom stereocenters. The number of carbonyl (C=O) groups is 6. The lowest BCUT2D eigenvalue weighted by Crippen LogP contribution is -2.43. The van der Waals surface area contributed by atoms with Crippen LogP contribution < -0.4 is 20.1 Å². The number of nitrogens with zero attached hydrogens (tertiary/aromatic N) is 2. The van der Waals surface area contributed by atoms with Crippen molar-refractivity contribution in [2.45, 2.75) is 71.6 Å². The van der Waals surface area contributed by atoms with Gasteiger partial charge in [0, 0.05) is 37.3 Å². The highest BCUT2D eigenvalue weighted by Gasteiger charge is 2.46. The molecule has 2 N–H and O–H groups in total. The number of urea groups is 2. The van der Waals surface area contributed by atoms with E-state index in [2.05, 4.69) is 72.3 Å². The number of ether oxygens (including phenoxy) is 6. The van der Waals surface area contributed by atoms with E-state index >= 15 is 0 Å². The SMILES string of the molecule is C=C(C)C(=O)OCCNC(=O)N(CCCC)CCC(=O)OCCOc1ccc(C2(c3ccc(OCCOC(=O)CCN(CCCC)C(=O)NCCOC(=O)C(=C)C)cc3)c3ccccc3-c3ccccc32)cc1. The molecule has 4 aromatic rings. The number of amides is 4. The zero-order valence-electron chi connectivity index (χ0n) is 42.7. The zero-order valence-corrected chi connectivity index (χ0v) is 42.7. The Morgan fingerprint density at radius 3 is 1.25 bits per heavy atom. The zero-order chi connectivity index (χ0) is 52.6. The van der Waals surface area contributed by atoms with E-state index in [0.717, 1.165) is 59.1 Å². The van der Waals surface area contributed by atoms with Crippen molar-refractivity contribution in [3.8, 4) is 22.6 Å². The molecule has 0 spiro atoms. The van der Waals surface area contributed by atoms with Crippen LogP contribution in [0, 0.1) is 0 Å². The molecule has 0 atom stereocenters. The average Bonchev–Trinajstić information content (AvgIpc) is 3.70. The maximum Gasteiger partial charge on any atom is 0.333 e. The van der Waals surface area contributed by atoms with Crippen molar-refractivity contribution in [2.75, 3.05) is 78.9 Å². The molecule has 4 aromatic carbocycles. The van der Waals surface area contributed by atoms with Gasteiger partial charge in [0.2, 0.25) is 0 Å². The van der Waals surface area contributed by atoms with E-state index in [1.807, 2.05) is 62.4 Å². The molecule has 0 fully saturated rings. The summed E-state index contributed by atoms with van der Waals surface area (Å²) in [5.41, 5.74) is 6.42. The Labute approximate surface area is 429 Å². The summed E-state index contributed by atoms with van der Waals surface area (Å²) >= 11 is 0. The predicted octanol–water partition coefficient (Wildman–Crippen LogP) is 8.54. The first-order valence-electron chi connectivity index (χ1n) is 25.0. The van der Waals surface area contributed by atoms with Crippen molar-refractivity contribution < 1.29 is 57.2 Å². The molecule has 0 heterocycles. The number of rotatable bonds is 30. The molecule has 0 saturated carbocycles. The Balaban J connectivity index is 1.15. The van der Waals surface area contributed by atoms with Gasteiger partial charge in [-0.25, -0.2) is 19.2 Å². The fraction of sp³-hybridized carbons (Fsp3) is 0.404. The Hall–Kier alpha value is -7.62. The second-order valence-corrected chi connectivity index (χ2v) is 17.5. The summed E-state index contributed by atoms with van der Waals surface area (Å²) in [4.78, 5) is 77.4. The first kappa shape index (κ1) is 56.3. The van der Waals surface area contributed by atoms with Gasteiger partial charge >= 0.3 is 35.9 Å². The Kier molecular flexibility index (Phi) is 22.4. The van der Waals surface area contributed by atoms with Crippen LogP contribution in [0.1, 0.15) is 88.5 Å². The lowest BCUT2D eigenvalue weighted by Gasteiger charge is -2.34. The summed E-state index contributed by atoms with van der Waals surface area (Å²) in [6.45, 7) is 16.1. The predicted molar refractivity (Wildman–Crippen MR) is 277 cm³/mol. The summed E-state index contributed by atoms with van der Waals surface area (Å²) in [6, 6.07) is 31.9. The topological polar surface area (TPSA) is 188 Å².